The van der Waals surface area contributed by atoms with E-state index in [1.807, 2.05) is 0 Å². The van der Waals surface area contributed by atoms with Gasteiger partial charge in [0, 0.05) is 20.5 Å². The Kier molecular flexibility index (Phi) is 7.32. The average Bonchev–Trinajstić information content (AvgIpc) is 2.65. The maximum atomic E-state index is 13.5. The van der Waals surface area contributed by atoms with Crippen LogP contribution in [0.2, 0.25) is 0 Å². The molecule has 1 N–H and O–H groups in total. The number of halogens is 1. The zero-order valence-electron chi connectivity index (χ0n) is 15.3. The number of nitrogens with one attached hydrogen (secondary N) is 1. The number of hydrogen-bond acceptors (Lipinski definition) is 4. The highest BCUT2D eigenvalue weighted by Gasteiger charge is 2.16. The van der Waals surface area contributed by atoms with E-state index < -0.39 is 10.0 Å². The molecular formula is C19H23FN2O4S. The Morgan fingerprint density at radius 1 is 1.11 bits per heavy atom. The van der Waals surface area contributed by atoms with Crippen molar-refractivity contribution in [3.63, 3.8) is 0 Å². The van der Waals surface area contributed by atoms with Crippen molar-refractivity contribution in [2.75, 3.05) is 27.2 Å². The van der Waals surface area contributed by atoms with Crippen LogP contribution in [0.3, 0.4) is 0 Å². The Morgan fingerprint density at radius 2 is 1.78 bits per heavy atom. The van der Waals surface area contributed by atoms with Gasteiger partial charge in [-0.15, -0.1) is 0 Å². The summed E-state index contributed by atoms with van der Waals surface area (Å²) in [4.78, 5) is 12.0. The second-order valence-corrected chi connectivity index (χ2v) is 8.20. The summed E-state index contributed by atoms with van der Waals surface area (Å²) in [5.74, 6) is 0.0101. The molecule has 0 fully saturated rings. The third kappa shape index (κ3) is 6.04. The normalized spacial score (nSPS) is 11.4. The third-order valence-electron chi connectivity index (χ3n) is 3.87. The van der Waals surface area contributed by atoms with Gasteiger partial charge >= 0.3 is 0 Å². The maximum Gasteiger partial charge on any atom is 0.242 e. The Balaban J connectivity index is 1.72. The van der Waals surface area contributed by atoms with Crippen LogP contribution in [0.5, 0.6) is 5.75 Å². The van der Waals surface area contributed by atoms with Gasteiger partial charge in [-0.05, 0) is 42.3 Å². The van der Waals surface area contributed by atoms with Gasteiger partial charge in [0.15, 0.2) is 0 Å². The van der Waals surface area contributed by atoms with Crippen molar-refractivity contribution in [3.05, 3.63) is 59.9 Å². The number of carbonyl (C=O) groups is 1. The third-order valence-corrected chi connectivity index (χ3v) is 5.70. The van der Waals surface area contributed by atoms with Crippen molar-refractivity contribution in [3.8, 4) is 5.75 Å². The van der Waals surface area contributed by atoms with Crippen LogP contribution in [0.15, 0.2) is 53.4 Å². The summed E-state index contributed by atoms with van der Waals surface area (Å²) in [7, 11) is -0.535. The number of sulfonamides is 1. The molecule has 0 aliphatic carbocycles. The average molecular weight is 394 g/mol. The Labute approximate surface area is 159 Å². The maximum absolute atomic E-state index is 13.5. The highest BCUT2D eigenvalue weighted by atomic mass is 32.2. The molecule has 0 atom stereocenters. The van der Waals surface area contributed by atoms with Crippen LogP contribution >= 0.6 is 0 Å². The molecule has 0 aromatic heterocycles. The van der Waals surface area contributed by atoms with Crippen molar-refractivity contribution in [2.24, 2.45) is 0 Å². The summed E-state index contributed by atoms with van der Waals surface area (Å²) in [6.07, 6.45) is 0.527. The molecule has 0 aliphatic rings. The largest absolute Gasteiger partial charge is 0.492 e. The SMILES string of the molecule is CN(C)S(=O)(=O)c1ccc(OCCNC(=O)CCc2ccccc2F)cc1. The molecule has 1 amide bonds. The van der Waals surface area contributed by atoms with Gasteiger partial charge in [-0.3, -0.25) is 4.79 Å². The lowest BCUT2D eigenvalue weighted by molar-refractivity contribution is -0.121. The molecule has 0 bridgehead atoms. The first kappa shape index (κ1) is 20.9. The molecule has 0 radical (unpaired) electrons. The first-order valence-electron chi connectivity index (χ1n) is 8.46. The number of rotatable bonds is 9. The van der Waals surface area contributed by atoms with Gasteiger partial charge < -0.3 is 10.1 Å². The van der Waals surface area contributed by atoms with E-state index in [4.69, 9.17) is 4.74 Å². The number of ether oxygens (including phenoxy) is 1. The highest BCUT2D eigenvalue weighted by molar-refractivity contribution is 7.89. The first-order chi connectivity index (χ1) is 12.8. The van der Waals surface area contributed by atoms with Gasteiger partial charge in [-0.2, -0.15) is 0 Å². The predicted octanol–water partition coefficient (Wildman–Crippen LogP) is 2.20. The summed E-state index contributed by atoms with van der Waals surface area (Å²) in [6, 6.07) is 12.4. The molecule has 0 unspecified atom stereocenters. The highest BCUT2D eigenvalue weighted by Crippen LogP contribution is 2.18. The minimum absolute atomic E-state index is 0.182. The van der Waals surface area contributed by atoms with Gasteiger partial charge in [0.1, 0.15) is 18.2 Å². The van der Waals surface area contributed by atoms with Gasteiger partial charge in [0.2, 0.25) is 15.9 Å². The van der Waals surface area contributed by atoms with Crippen LogP contribution in [0, 0.1) is 5.82 Å². The zero-order chi connectivity index (χ0) is 19.9. The van der Waals surface area contributed by atoms with Crippen LogP contribution in [-0.2, 0) is 21.2 Å². The van der Waals surface area contributed by atoms with Crippen molar-refractivity contribution < 1.29 is 22.3 Å². The lowest BCUT2D eigenvalue weighted by atomic mass is 10.1. The van der Waals surface area contributed by atoms with Gasteiger partial charge in [0.25, 0.3) is 0 Å². The molecule has 0 saturated heterocycles. The van der Waals surface area contributed by atoms with Gasteiger partial charge in [0.05, 0.1) is 11.4 Å². The summed E-state index contributed by atoms with van der Waals surface area (Å²) < 4.78 is 44.1. The van der Waals surface area contributed by atoms with E-state index in [-0.39, 0.29) is 29.6 Å². The van der Waals surface area contributed by atoms with Crippen molar-refractivity contribution in [1.29, 1.82) is 0 Å². The van der Waals surface area contributed by atoms with E-state index in [1.165, 1.54) is 32.3 Å². The zero-order valence-corrected chi connectivity index (χ0v) is 16.1. The van der Waals surface area contributed by atoms with Crippen molar-refractivity contribution in [2.45, 2.75) is 17.7 Å². The van der Waals surface area contributed by atoms with Crippen LogP contribution in [-0.4, -0.2) is 45.9 Å². The summed E-state index contributed by atoms with van der Waals surface area (Å²) in [6.45, 7) is 0.541. The van der Waals surface area contributed by atoms with E-state index in [0.29, 0.717) is 24.3 Å². The quantitative estimate of drug-likeness (QED) is 0.662. The van der Waals surface area contributed by atoms with Gasteiger partial charge in [-0.25, -0.2) is 17.1 Å². The van der Waals surface area contributed by atoms with E-state index >= 15 is 0 Å². The number of hydrogen-bond donors (Lipinski definition) is 1. The Morgan fingerprint density at radius 3 is 2.41 bits per heavy atom. The van der Waals surface area contributed by atoms with E-state index in [9.17, 15) is 17.6 Å². The summed E-state index contributed by atoms with van der Waals surface area (Å²) >= 11 is 0. The summed E-state index contributed by atoms with van der Waals surface area (Å²) in [5.41, 5.74) is 0.511. The molecule has 0 saturated carbocycles. The van der Waals surface area contributed by atoms with Crippen LogP contribution < -0.4 is 10.1 Å². The first-order valence-corrected chi connectivity index (χ1v) is 9.90. The van der Waals surface area contributed by atoms with Crippen LogP contribution in [0.4, 0.5) is 4.39 Å². The van der Waals surface area contributed by atoms with Crippen LogP contribution in [0.1, 0.15) is 12.0 Å². The second kappa shape index (κ2) is 9.48. The lowest BCUT2D eigenvalue weighted by Crippen LogP contribution is -2.28. The molecular weight excluding hydrogens is 371 g/mol. The van der Waals surface area contributed by atoms with Crippen molar-refractivity contribution in [1.82, 2.24) is 9.62 Å². The Bertz CT molecular complexity index is 868. The minimum atomic E-state index is -3.47. The number of amides is 1. The molecule has 27 heavy (non-hydrogen) atoms. The molecule has 146 valence electrons. The molecule has 2 aromatic carbocycles. The number of nitrogens with zero attached hydrogens (tertiary/aromatic N) is 1. The molecule has 0 heterocycles. The summed E-state index contributed by atoms with van der Waals surface area (Å²) in [5, 5.41) is 2.70. The lowest BCUT2D eigenvalue weighted by Gasteiger charge is -2.12. The van der Waals surface area contributed by atoms with E-state index in [2.05, 4.69) is 5.32 Å². The molecule has 2 rings (SSSR count). The predicted molar refractivity (Wildman–Crippen MR) is 101 cm³/mol. The molecule has 0 aliphatic heterocycles. The molecule has 0 spiro atoms. The fraction of sp³-hybridized carbons (Fsp3) is 0.316. The second-order valence-electron chi connectivity index (χ2n) is 6.05. The van der Waals surface area contributed by atoms with Crippen LogP contribution in [0.25, 0.3) is 0 Å². The molecule has 8 heteroatoms. The topological polar surface area (TPSA) is 75.7 Å². The van der Waals surface area contributed by atoms with E-state index in [1.54, 1.807) is 30.3 Å². The smallest absolute Gasteiger partial charge is 0.242 e. The molecule has 6 nitrogen and oxygen atoms in total. The fourth-order valence-corrected chi connectivity index (χ4v) is 3.22. The fourth-order valence-electron chi connectivity index (χ4n) is 2.32. The van der Waals surface area contributed by atoms with Crippen molar-refractivity contribution >= 4 is 15.9 Å². The standard InChI is InChI=1S/C19H23FN2O4S/c1-22(2)27(24,25)17-10-8-16(9-11-17)26-14-13-21-19(23)12-7-15-5-3-4-6-18(15)20/h3-6,8-11H,7,12-14H2,1-2H3,(H,21,23). The minimum Gasteiger partial charge on any atom is -0.492 e. The van der Waals surface area contributed by atoms with E-state index in [0.717, 1.165) is 4.31 Å². The van der Waals surface area contributed by atoms with Gasteiger partial charge in [-0.1, -0.05) is 18.2 Å². The Hall–Kier alpha value is -2.45. The number of aryl methyl sites for hydroxylation is 1. The number of carbonyl (C=O) groups excluding carboxylic acids is 1. The molecule has 2 aromatic rings. The number of benzene rings is 2. The monoisotopic (exact) mass is 394 g/mol.